The molecule has 13 heavy (non-hydrogen) atoms. The van der Waals surface area contributed by atoms with Crippen molar-refractivity contribution in [2.45, 2.75) is 6.54 Å². The molecule has 1 aromatic heterocycles. The second-order valence-electron chi connectivity index (χ2n) is 2.20. The molecule has 3 nitrogen and oxygen atoms in total. The minimum Gasteiger partial charge on any atom is -0.480 e. The summed E-state index contributed by atoms with van der Waals surface area (Å²) in [5.74, 6) is -0.910. The lowest BCUT2D eigenvalue weighted by molar-refractivity contribution is -0.135. The van der Waals surface area contributed by atoms with Crippen LogP contribution in [0.2, 0.25) is 0 Å². The number of nitrogens with one attached hydrogen (secondary N) is 1. The predicted molar refractivity (Wildman–Crippen MR) is 50.9 cm³/mol. The van der Waals surface area contributed by atoms with Gasteiger partial charge < -0.3 is 10.4 Å². The van der Waals surface area contributed by atoms with Crippen molar-refractivity contribution in [3.8, 4) is 0 Å². The van der Waals surface area contributed by atoms with Crippen LogP contribution in [0, 0.1) is 5.13 Å². The standard InChI is InChI=1S/C7H8FNO2S.ClH/c8-6-2-1-5(12-6)3-9-4-7(10)11;/h1-2,9H,3-4H2,(H,10,11);1H. The van der Waals surface area contributed by atoms with Gasteiger partial charge in [-0.05, 0) is 12.1 Å². The maximum Gasteiger partial charge on any atom is 0.317 e. The highest BCUT2D eigenvalue weighted by atomic mass is 35.5. The largest absolute Gasteiger partial charge is 0.480 e. The molecule has 1 heterocycles. The zero-order valence-corrected chi connectivity index (χ0v) is 8.25. The molecule has 74 valence electrons. The average molecular weight is 226 g/mol. The molecule has 0 aliphatic rings. The Kier molecular flexibility index (Phi) is 5.61. The first-order valence-corrected chi connectivity index (χ1v) is 4.17. The number of aliphatic carboxylic acids is 1. The summed E-state index contributed by atoms with van der Waals surface area (Å²) < 4.78 is 12.4. The van der Waals surface area contributed by atoms with Gasteiger partial charge in [0, 0.05) is 11.4 Å². The molecule has 2 N–H and O–H groups in total. The lowest BCUT2D eigenvalue weighted by atomic mass is 10.4. The topological polar surface area (TPSA) is 49.3 Å². The van der Waals surface area contributed by atoms with Gasteiger partial charge in [0.1, 0.15) is 0 Å². The van der Waals surface area contributed by atoms with E-state index < -0.39 is 5.97 Å². The van der Waals surface area contributed by atoms with Gasteiger partial charge in [-0.2, -0.15) is 4.39 Å². The number of hydrogen-bond acceptors (Lipinski definition) is 3. The summed E-state index contributed by atoms with van der Waals surface area (Å²) in [6.07, 6.45) is 0. The highest BCUT2D eigenvalue weighted by Crippen LogP contribution is 2.13. The van der Waals surface area contributed by atoms with Crippen LogP contribution in [0.4, 0.5) is 4.39 Å². The highest BCUT2D eigenvalue weighted by molar-refractivity contribution is 7.10. The van der Waals surface area contributed by atoms with E-state index >= 15 is 0 Å². The Hall–Kier alpha value is -0.650. The Morgan fingerprint density at radius 3 is 2.77 bits per heavy atom. The third-order valence-corrected chi connectivity index (χ3v) is 2.08. The molecule has 1 rings (SSSR count). The first kappa shape index (κ1) is 12.3. The number of hydrogen-bond donors (Lipinski definition) is 2. The van der Waals surface area contributed by atoms with Crippen LogP contribution >= 0.6 is 23.7 Å². The maximum atomic E-state index is 12.4. The Labute approximate surface area is 85.0 Å². The van der Waals surface area contributed by atoms with Gasteiger partial charge in [-0.25, -0.2) is 0 Å². The molecule has 0 unspecified atom stereocenters. The molecule has 0 aliphatic carbocycles. The van der Waals surface area contributed by atoms with Crippen molar-refractivity contribution < 1.29 is 14.3 Å². The van der Waals surface area contributed by atoms with Crippen LogP contribution in [-0.2, 0) is 11.3 Å². The quantitative estimate of drug-likeness (QED) is 0.816. The SMILES string of the molecule is Cl.O=C(O)CNCc1ccc(F)s1. The molecule has 0 aliphatic heterocycles. The first-order valence-electron chi connectivity index (χ1n) is 3.35. The molecule has 0 aromatic carbocycles. The molecule has 6 heteroatoms. The van der Waals surface area contributed by atoms with Crippen LogP contribution in [-0.4, -0.2) is 17.6 Å². The fourth-order valence-electron chi connectivity index (χ4n) is 0.739. The van der Waals surface area contributed by atoms with Gasteiger partial charge in [-0.15, -0.1) is 23.7 Å². The lowest BCUT2D eigenvalue weighted by Crippen LogP contribution is -2.21. The van der Waals surface area contributed by atoms with Crippen LogP contribution in [0.1, 0.15) is 4.88 Å². The van der Waals surface area contributed by atoms with Crippen molar-refractivity contribution in [3.05, 3.63) is 22.1 Å². The summed E-state index contributed by atoms with van der Waals surface area (Å²) in [4.78, 5) is 10.9. The van der Waals surface area contributed by atoms with E-state index in [1.54, 1.807) is 6.07 Å². The van der Waals surface area contributed by atoms with E-state index in [2.05, 4.69) is 5.32 Å². The second-order valence-corrected chi connectivity index (χ2v) is 3.32. The minimum atomic E-state index is -0.910. The van der Waals surface area contributed by atoms with Gasteiger partial charge in [0.25, 0.3) is 0 Å². The lowest BCUT2D eigenvalue weighted by Gasteiger charge is -1.96. The number of carbonyl (C=O) groups is 1. The van der Waals surface area contributed by atoms with E-state index in [-0.39, 0.29) is 24.1 Å². The van der Waals surface area contributed by atoms with E-state index in [0.29, 0.717) is 6.54 Å². The van der Waals surface area contributed by atoms with Crippen molar-refractivity contribution in [3.63, 3.8) is 0 Å². The molecular formula is C7H9ClFNO2S. The normalized spacial score (nSPS) is 9.31. The van der Waals surface area contributed by atoms with Crippen LogP contribution in [0.25, 0.3) is 0 Å². The zero-order chi connectivity index (χ0) is 8.97. The molecule has 0 bridgehead atoms. The maximum absolute atomic E-state index is 12.4. The highest BCUT2D eigenvalue weighted by Gasteiger charge is 1.99. The second kappa shape index (κ2) is 5.90. The fraction of sp³-hybridized carbons (Fsp3) is 0.286. The Balaban J connectivity index is 0.00000144. The van der Waals surface area contributed by atoms with E-state index in [1.165, 1.54) is 6.07 Å². The monoisotopic (exact) mass is 225 g/mol. The molecule has 0 radical (unpaired) electrons. The van der Waals surface area contributed by atoms with E-state index in [4.69, 9.17) is 5.11 Å². The van der Waals surface area contributed by atoms with Crippen molar-refractivity contribution in [2.24, 2.45) is 0 Å². The van der Waals surface area contributed by atoms with Crippen LogP contribution in [0.15, 0.2) is 12.1 Å². The number of halogens is 2. The van der Waals surface area contributed by atoms with Crippen molar-refractivity contribution >= 4 is 29.7 Å². The smallest absolute Gasteiger partial charge is 0.317 e. The number of carboxylic acid groups (broad SMARTS) is 1. The van der Waals surface area contributed by atoms with Gasteiger partial charge >= 0.3 is 5.97 Å². The summed E-state index contributed by atoms with van der Waals surface area (Å²) in [6.45, 7) is 0.306. The molecule has 1 aromatic rings. The van der Waals surface area contributed by atoms with Crippen molar-refractivity contribution in [1.29, 1.82) is 0 Å². The van der Waals surface area contributed by atoms with E-state index in [9.17, 15) is 9.18 Å². The Morgan fingerprint density at radius 1 is 1.62 bits per heavy atom. The predicted octanol–water partition coefficient (Wildman–Crippen LogP) is 1.48. The molecule has 0 amide bonds. The summed E-state index contributed by atoms with van der Waals surface area (Å²) in [6, 6.07) is 3.00. The van der Waals surface area contributed by atoms with Crippen LogP contribution in [0.5, 0.6) is 0 Å². The number of thiophene rings is 1. The van der Waals surface area contributed by atoms with Crippen LogP contribution < -0.4 is 5.32 Å². The molecule has 0 spiro atoms. The van der Waals surface area contributed by atoms with Gasteiger partial charge in [0.15, 0.2) is 5.13 Å². The summed E-state index contributed by atoms with van der Waals surface area (Å²) in [5, 5.41) is 10.7. The molecule has 0 atom stereocenters. The third-order valence-electron chi connectivity index (χ3n) is 1.20. The van der Waals surface area contributed by atoms with Crippen molar-refractivity contribution in [2.75, 3.05) is 6.54 Å². The average Bonchev–Trinajstić information content (AvgIpc) is 2.35. The van der Waals surface area contributed by atoms with Gasteiger partial charge in [0.05, 0.1) is 6.54 Å². The van der Waals surface area contributed by atoms with Gasteiger partial charge in [-0.3, -0.25) is 4.79 Å². The Morgan fingerprint density at radius 2 is 2.31 bits per heavy atom. The van der Waals surface area contributed by atoms with Crippen LogP contribution in [0.3, 0.4) is 0 Å². The fourth-order valence-corrected chi connectivity index (χ4v) is 1.44. The third kappa shape index (κ3) is 4.82. The van der Waals surface area contributed by atoms with E-state index in [1.807, 2.05) is 0 Å². The summed E-state index contributed by atoms with van der Waals surface area (Å²) in [5.41, 5.74) is 0. The first-order chi connectivity index (χ1) is 5.68. The molecular weight excluding hydrogens is 217 g/mol. The molecule has 0 saturated heterocycles. The van der Waals surface area contributed by atoms with Gasteiger partial charge in [-0.1, -0.05) is 0 Å². The Bertz CT molecular complexity index is 279. The van der Waals surface area contributed by atoms with Crippen molar-refractivity contribution in [1.82, 2.24) is 5.32 Å². The molecule has 0 fully saturated rings. The minimum absolute atomic E-state index is 0. The zero-order valence-electron chi connectivity index (χ0n) is 6.62. The number of carboxylic acids is 1. The number of rotatable bonds is 4. The van der Waals surface area contributed by atoms with E-state index in [0.717, 1.165) is 16.2 Å². The molecule has 0 saturated carbocycles. The van der Waals surface area contributed by atoms with Gasteiger partial charge in [0.2, 0.25) is 0 Å². The summed E-state index contributed by atoms with van der Waals surface area (Å²) in [7, 11) is 0. The summed E-state index contributed by atoms with van der Waals surface area (Å²) >= 11 is 1.02.